The van der Waals surface area contributed by atoms with Crippen molar-refractivity contribution in [1.29, 1.82) is 5.26 Å². The molecule has 11 heavy (non-hydrogen) atoms. The average molecular weight is 143 g/mol. The van der Waals surface area contributed by atoms with Crippen molar-refractivity contribution in [2.75, 3.05) is 0 Å². The Morgan fingerprint density at radius 2 is 2.18 bits per heavy atom. The molecule has 0 saturated carbocycles. The first-order valence-electron chi connectivity index (χ1n) is 3.40. The molecule has 0 saturated heterocycles. The molecule has 0 aliphatic heterocycles. The molecule has 1 aromatic carbocycles. The van der Waals surface area contributed by atoms with E-state index < -0.39 is 0 Å². The molecule has 0 N–H and O–H groups in total. The Labute approximate surface area is 66.6 Å². The highest BCUT2D eigenvalue weighted by atomic mass is 14.2. The molecule has 0 bridgehead atoms. The minimum atomic E-state index is 0.694. The van der Waals surface area contributed by atoms with Crippen LogP contribution in [0.2, 0.25) is 0 Å². The Kier molecular flexibility index (Phi) is 2.08. The van der Waals surface area contributed by atoms with Gasteiger partial charge in [0.15, 0.2) is 0 Å². The molecule has 0 fully saturated rings. The van der Waals surface area contributed by atoms with Crippen LogP contribution >= 0.6 is 0 Å². The topological polar surface area (TPSA) is 23.8 Å². The molecule has 0 amide bonds. The van der Waals surface area contributed by atoms with Crippen molar-refractivity contribution in [3.63, 3.8) is 0 Å². The van der Waals surface area contributed by atoms with Gasteiger partial charge < -0.3 is 0 Å². The summed E-state index contributed by atoms with van der Waals surface area (Å²) in [4.78, 5) is 0. The van der Waals surface area contributed by atoms with E-state index in [1.165, 1.54) is 0 Å². The number of hydrogen-bond donors (Lipinski definition) is 0. The lowest BCUT2D eigenvalue weighted by Crippen LogP contribution is -1.80. The maximum absolute atomic E-state index is 8.60. The van der Waals surface area contributed by atoms with Crippen LogP contribution in [-0.2, 0) is 0 Å². The van der Waals surface area contributed by atoms with Crippen LogP contribution in [0.1, 0.15) is 16.7 Å². The van der Waals surface area contributed by atoms with Gasteiger partial charge in [-0.05, 0) is 30.2 Å². The van der Waals surface area contributed by atoms with Gasteiger partial charge >= 0.3 is 0 Å². The van der Waals surface area contributed by atoms with Gasteiger partial charge in [-0.15, -0.1) is 0 Å². The number of nitriles is 1. The van der Waals surface area contributed by atoms with Gasteiger partial charge in [-0.1, -0.05) is 18.7 Å². The molecule has 1 rings (SSSR count). The first-order chi connectivity index (χ1) is 5.26. The number of benzene rings is 1. The summed E-state index contributed by atoms with van der Waals surface area (Å²) in [5.41, 5.74) is 2.79. The van der Waals surface area contributed by atoms with E-state index >= 15 is 0 Å². The summed E-state index contributed by atoms with van der Waals surface area (Å²) < 4.78 is 0. The van der Waals surface area contributed by atoms with Crippen molar-refractivity contribution in [1.82, 2.24) is 0 Å². The second-order valence-corrected chi connectivity index (χ2v) is 2.45. The zero-order valence-electron chi connectivity index (χ0n) is 6.46. The van der Waals surface area contributed by atoms with E-state index in [1.54, 1.807) is 6.08 Å². The number of nitrogens with zero attached hydrogens (tertiary/aromatic N) is 1. The fourth-order valence-electron chi connectivity index (χ4n) is 0.995. The van der Waals surface area contributed by atoms with Crippen LogP contribution in [0.25, 0.3) is 6.08 Å². The van der Waals surface area contributed by atoms with Crippen molar-refractivity contribution in [2.45, 2.75) is 6.92 Å². The molecule has 0 heterocycles. The molecule has 0 aliphatic carbocycles. The van der Waals surface area contributed by atoms with E-state index in [4.69, 9.17) is 5.26 Å². The third-order valence-electron chi connectivity index (χ3n) is 1.46. The quantitative estimate of drug-likeness (QED) is 0.592. The van der Waals surface area contributed by atoms with E-state index in [0.29, 0.717) is 5.56 Å². The standard InChI is InChI=1S/C10H9N/c1-3-9-4-8(2)5-10(6-9)7-11/h3-6H,1H2,2H3. The Bertz CT molecular complexity index is 318. The summed E-state index contributed by atoms with van der Waals surface area (Å²) in [6, 6.07) is 7.76. The van der Waals surface area contributed by atoms with Gasteiger partial charge in [0.2, 0.25) is 0 Å². The van der Waals surface area contributed by atoms with Crippen molar-refractivity contribution < 1.29 is 0 Å². The molecule has 1 nitrogen and oxygen atoms in total. The third-order valence-corrected chi connectivity index (χ3v) is 1.46. The van der Waals surface area contributed by atoms with Crippen LogP contribution in [-0.4, -0.2) is 0 Å². The second kappa shape index (κ2) is 3.03. The van der Waals surface area contributed by atoms with Crippen molar-refractivity contribution in [2.24, 2.45) is 0 Å². The van der Waals surface area contributed by atoms with E-state index in [1.807, 2.05) is 25.1 Å². The van der Waals surface area contributed by atoms with Crippen molar-refractivity contribution >= 4 is 6.08 Å². The first-order valence-corrected chi connectivity index (χ1v) is 3.40. The highest BCUT2D eigenvalue weighted by Gasteiger charge is 1.93. The van der Waals surface area contributed by atoms with Gasteiger partial charge in [0, 0.05) is 0 Å². The molecule has 0 spiro atoms. The Balaban J connectivity index is 3.25. The Morgan fingerprint density at radius 1 is 1.45 bits per heavy atom. The van der Waals surface area contributed by atoms with Crippen LogP contribution in [0.3, 0.4) is 0 Å². The molecule has 0 atom stereocenters. The van der Waals surface area contributed by atoms with Crippen LogP contribution < -0.4 is 0 Å². The van der Waals surface area contributed by atoms with Gasteiger partial charge in [0.1, 0.15) is 0 Å². The van der Waals surface area contributed by atoms with Crippen LogP contribution in [0, 0.1) is 18.3 Å². The fraction of sp³-hybridized carbons (Fsp3) is 0.100. The molecule has 0 aliphatic rings. The molecule has 54 valence electrons. The smallest absolute Gasteiger partial charge is 0.0991 e. The summed E-state index contributed by atoms with van der Waals surface area (Å²) in [7, 11) is 0. The minimum Gasteiger partial charge on any atom is -0.192 e. The Hall–Kier alpha value is -1.55. The highest BCUT2D eigenvalue weighted by molar-refractivity contribution is 5.52. The van der Waals surface area contributed by atoms with Gasteiger partial charge in [0.05, 0.1) is 11.6 Å². The van der Waals surface area contributed by atoms with Crippen molar-refractivity contribution in [3.05, 3.63) is 41.5 Å². The van der Waals surface area contributed by atoms with Gasteiger partial charge in [-0.25, -0.2) is 0 Å². The molecule has 0 unspecified atom stereocenters. The van der Waals surface area contributed by atoms with Gasteiger partial charge in [-0.3, -0.25) is 0 Å². The second-order valence-electron chi connectivity index (χ2n) is 2.45. The van der Waals surface area contributed by atoms with Crippen LogP contribution in [0.4, 0.5) is 0 Å². The summed E-state index contributed by atoms with van der Waals surface area (Å²) in [6.07, 6.45) is 1.74. The SMILES string of the molecule is C=Cc1cc(C)cc(C#N)c1. The van der Waals surface area contributed by atoms with Crippen LogP contribution in [0.15, 0.2) is 24.8 Å². The minimum absolute atomic E-state index is 0.694. The Morgan fingerprint density at radius 3 is 2.73 bits per heavy atom. The van der Waals surface area contributed by atoms with Crippen LogP contribution in [0.5, 0.6) is 0 Å². The predicted octanol–water partition coefficient (Wildman–Crippen LogP) is 2.51. The maximum atomic E-state index is 8.60. The lowest BCUT2D eigenvalue weighted by Gasteiger charge is -1.96. The molecule has 0 aromatic heterocycles. The fourth-order valence-corrected chi connectivity index (χ4v) is 0.995. The molecule has 1 aromatic rings. The number of aryl methyl sites for hydroxylation is 1. The van der Waals surface area contributed by atoms with E-state index in [0.717, 1.165) is 11.1 Å². The maximum Gasteiger partial charge on any atom is 0.0991 e. The normalized spacial score (nSPS) is 8.73. The lowest BCUT2D eigenvalue weighted by atomic mass is 10.1. The molecular formula is C10H9N. The average Bonchev–Trinajstić information content (AvgIpc) is 2.03. The van der Waals surface area contributed by atoms with Crippen molar-refractivity contribution in [3.8, 4) is 6.07 Å². The van der Waals surface area contributed by atoms with Gasteiger partial charge in [-0.2, -0.15) is 5.26 Å². The number of rotatable bonds is 1. The lowest BCUT2D eigenvalue weighted by molar-refractivity contribution is 1.41. The first kappa shape index (κ1) is 7.56. The highest BCUT2D eigenvalue weighted by Crippen LogP contribution is 2.09. The zero-order chi connectivity index (χ0) is 8.27. The predicted molar refractivity (Wildman–Crippen MR) is 46.0 cm³/mol. The molecular weight excluding hydrogens is 134 g/mol. The van der Waals surface area contributed by atoms with E-state index in [9.17, 15) is 0 Å². The summed E-state index contributed by atoms with van der Waals surface area (Å²) >= 11 is 0. The molecule has 1 heteroatoms. The van der Waals surface area contributed by atoms with E-state index in [2.05, 4.69) is 12.6 Å². The third kappa shape index (κ3) is 1.68. The summed E-state index contributed by atoms with van der Waals surface area (Å²) in [5, 5.41) is 8.60. The van der Waals surface area contributed by atoms with E-state index in [-0.39, 0.29) is 0 Å². The summed E-state index contributed by atoms with van der Waals surface area (Å²) in [6.45, 7) is 5.60. The summed E-state index contributed by atoms with van der Waals surface area (Å²) in [5.74, 6) is 0. The largest absolute Gasteiger partial charge is 0.192 e. The number of hydrogen-bond acceptors (Lipinski definition) is 1. The monoisotopic (exact) mass is 143 g/mol. The van der Waals surface area contributed by atoms with Gasteiger partial charge in [0.25, 0.3) is 0 Å². The zero-order valence-corrected chi connectivity index (χ0v) is 6.46. The molecule has 0 radical (unpaired) electrons.